The first-order valence-corrected chi connectivity index (χ1v) is 9.60. The Bertz CT molecular complexity index is 1350. The SMILES string of the molecule is CCc1ccc2oc3c(c(=O)c2c1)C(c1ccc(F)cc1)N(c1cc(C)on1)C3=O. The summed E-state index contributed by atoms with van der Waals surface area (Å²) in [6.45, 7) is 3.71. The zero-order valence-electron chi connectivity index (χ0n) is 16.3. The molecule has 0 saturated carbocycles. The summed E-state index contributed by atoms with van der Waals surface area (Å²) >= 11 is 0. The van der Waals surface area contributed by atoms with Crippen molar-refractivity contribution in [1.29, 1.82) is 0 Å². The molecule has 30 heavy (non-hydrogen) atoms. The first-order valence-electron chi connectivity index (χ1n) is 9.60. The van der Waals surface area contributed by atoms with Crippen molar-refractivity contribution in [3.8, 4) is 0 Å². The van der Waals surface area contributed by atoms with Gasteiger partial charge in [-0.05, 0) is 48.7 Å². The molecule has 1 atom stereocenters. The van der Waals surface area contributed by atoms with Crippen molar-refractivity contribution in [1.82, 2.24) is 5.16 Å². The average Bonchev–Trinajstić information content (AvgIpc) is 3.30. The number of aromatic nitrogens is 1. The molecular formula is C23H17FN2O4. The molecule has 1 aliphatic heterocycles. The molecule has 1 amide bonds. The number of carbonyl (C=O) groups excluding carboxylic acids is 1. The molecule has 0 radical (unpaired) electrons. The van der Waals surface area contributed by atoms with Gasteiger partial charge in [-0.1, -0.05) is 30.3 Å². The van der Waals surface area contributed by atoms with Crippen LogP contribution in [-0.4, -0.2) is 11.1 Å². The summed E-state index contributed by atoms with van der Waals surface area (Å²) in [6, 6.07) is 11.9. The molecule has 0 bridgehead atoms. The van der Waals surface area contributed by atoms with Crippen molar-refractivity contribution in [2.75, 3.05) is 4.90 Å². The third kappa shape index (κ3) is 2.66. The fourth-order valence-electron chi connectivity index (χ4n) is 3.90. The number of rotatable bonds is 3. The second kappa shape index (κ2) is 6.66. The first kappa shape index (κ1) is 18.3. The van der Waals surface area contributed by atoms with Gasteiger partial charge in [0.15, 0.2) is 11.2 Å². The normalized spacial score (nSPS) is 15.8. The van der Waals surface area contributed by atoms with Crippen molar-refractivity contribution >= 4 is 22.7 Å². The van der Waals surface area contributed by atoms with Crippen LogP contribution in [0.25, 0.3) is 11.0 Å². The molecule has 1 aliphatic rings. The number of carbonyl (C=O) groups is 1. The summed E-state index contributed by atoms with van der Waals surface area (Å²) in [5.74, 6) is -0.164. The summed E-state index contributed by atoms with van der Waals surface area (Å²) in [5.41, 5.74) is 1.84. The zero-order valence-corrected chi connectivity index (χ0v) is 16.3. The van der Waals surface area contributed by atoms with Gasteiger partial charge in [0.05, 0.1) is 17.0 Å². The van der Waals surface area contributed by atoms with E-state index in [1.54, 1.807) is 37.3 Å². The van der Waals surface area contributed by atoms with Gasteiger partial charge in [-0.2, -0.15) is 0 Å². The maximum Gasteiger partial charge on any atom is 0.296 e. The molecule has 0 spiro atoms. The molecule has 7 heteroatoms. The maximum atomic E-state index is 13.6. The summed E-state index contributed by atoms with van der Waals surface area (Å²) < 4.78 is 24.6. The number of hydrogen-bond acceptors (Lipinski definition) is 5. The fourth-order valence-corrected chi connectivity index (χ4v) is 3.90. The Morgan fingerprint density at radius 1 is 1.10 bits per heavy atom. The van der Waals surface area contributed by atoms with Gasteiger partial charge in [0.25, 0.3) is 5.91 Å². The van der Waals surface area contributed by atoms with Gasteiger partial charge >= 0.3 is 0 Å². The highest BCUT2D eigenvalue weighted by Gasteiger charge is 2.44. The number of benzene rings is 2. The molecule has 0 fully saturated rings. The lowest BCUT2D eigenvalue weighted by Crippen LogP contribution is -2.29. The molecule has 4 aromatic rings. The van der Waals surface area contributed by atoms with Crippen molar-refractivity contribution in [2.45, 2.75) is 26.3 Å². The molecule has 0 saturated heterocycles. The quantitative estimate of drug-likeness (QED) is 0.501. The lowest BCUT2D eigenvalue weighted by Gasteiger charge is -2.22. The summed E-state index contributed by atoms with van der Waals surface area (Å²) in [7, 11) is 0. The number of amides is 1. The van der Waals surface area contributed by atoms with Gasteiger partial charge in [-0.25, -0.2) is 4.39 Å². The van der Waals surface area contributed by atoms with Crippen LogP contribution in [0, 0.1) is 12.7 Å². The van der Waals surface area contributed by atoms with Crippen LogP contribution in [0.4, 0.5) is 10.2 Å². The van der Waals surface area contributed by atoms with Crippen LogP contribution in [0.15, 0.2) is 62.3 Å². The van der Waals surface area contributed by atoms with E-state index < -0.39 is 17.8 Å². The topological polar surface area (TPSA) is 76.6 Å². The lowest BCUT2D eigenvalue weighted by molar-refractivity contribution is 0.0969. The third-order valence-corrected chi connectivity index (χ3v) is 5.39. The highest BCUT2D eigenvalue weighted by Crippen LogP contribution is 2.41. The van der Waals surface area contributed by atoms with E-state index in [-0.39, 0.29) is 22.6 Å². The molecular weight excluding hydrogens is 387 g/mol. The maximum absolute atomic E-state index is 13.6. The predicted octanol–water partition coefficient (Wildman–Crippen LogP) is 4.54. The van der Waals surface area contributed by atoms with Crippen molar-refractivity contribution in [3.05, 3.63) is 92.8 Å². The van der Waals surface area contributed by atoms with Gasteiger partial charge in [-0.15, -0.1) is 0 Å². The van der Waals surface area contributed by atoms with Crippen LogP contribution in [-0.2, 0) is 6.42 Å². The number of fused-ring (bicyclic) bond motifs is 2. The van der Waals surface area contributed by atoms with Gasteiger partial charge in [0, 0.05) is 6.07 Å². The third-order valence-electron chi connectivity index (χ3n) is 5.39. The van der Waals surface area contributed by atoms with E-state index in [0.29, 0.717) is 22.3 Å². The number of anilines is 1. The van der Waals surface area contributed by atoms with Crippen LogP contribution in [0.3, 0.4) is 0 Å². The summed E-state index contributed by atoms with van der Waals surface area (Å²) in [6.07, 6.45) is 0.761. The summed E-state index contributed by atoms with van der Waals surface area (Å²) in [5, 5.41) is 4.37. The van der Waals surface area contributed by atoms with Gasteiger partial charge < -0.3 is 8.94 Å². The van der Waals surface area contributed by atoms with Crippen LogP contribution in [0.5, 0.6) is 0 Å². The molecule has 0 aliphatic carbocycles. The molecule has 2 aromatic heterocycles. The Morgan fingerprint density at radius 3 is 2.53 bits per heavy atom. The lowest BCUT2D eigenvalue weighted by atomic mass is 9.98. The van der Waals surface area contributed by atoms with E-state index in [1.165, 1.54) is 17.0 Å². The molecule has 3 heterocycles. The highest BCUT2D eigenvalue weighted by atomic mass is 19.1. The monoisotopic (exact) mass is 404 g/mol. The predicted molar refractivity (Wildman–Crippen MR) is 108 cm³/mol. The van der Waals surface area contributed by atoms with Crippen molar-refractivity contribution < 1.29 is 18.1 Å². The average molecular weight is 404 g/mol. The second-order valence-corrected chi connectivity index (χ2v) is 7.28. The van der Waals surface area contributed by atoms with Crippen LogP contribution < -0.4 is 10.3 Å². The van der Waals surface area contributed by atoms with Gasteiger partial charge in [-0.3, -0.25) is 14.5 Å². The Balaban J connectivity index is 1.81. The molecule has 2 aromatic carbocycles. The van der Waals surface area contributed by atoms with E-state index in [0.717, 1.165) is 12.0 Å². The minimum Gasteiger partial charge on any atom is -0.450 e. The molecule has 1 unspecified atom stereocenters. The van der Waals surface area contributed by atoms with Crippen molar-refractivity contribution in [2.24, 2.45) is 0 Å². The first-order chi connectivity index (χ1) is 14.5. The Labute approximate surface area is 170 Å². The Hall–Kier alpha value is -3.74. The standard InChI is InChI=1S/C23H17FN2O4/c1-3-13-4-9-17-16(11-13)21(27)19-20(14-5-7-15(24)8-6-14)26(23(28)22(19)29-17)18-10-12(2)30-25-18/h4-11,20H,3H2,1-2H3. The number of aryl methyl sites for hydroxylation is 2. The fraction of sp³-hybridized carbons (Fsp3) is 0.174. The molecule has 0 N–H and O–H groups in total. The van der Waals surface area contributed by atoms with E-state index in [1.807, 2.05) is 13.0 Å². The van der Waals surface area contributed by atoms with Gasteiger partial charge in [0.2, 0.25) is 5.76 Å². The smallest absolute Gasteiger partial charge is 0.296 e. The summed E-state index contributed by atoms with van der Waals surface area (Å²) in [4.78, 5) is 28.2. The Kier molecular flexibility index (Phi) is 4.06. The number of nitrogens with zero attached hydrogens (tertiary/aromatic N) is 2. The minimum absolute atomic E-state index is 0.0354. The van der Waals surface area contributed by atoms with E-state index in [9.17, 15) is 14.0 Å². The number of hydrogen-bond donors (Lipinski definition) is 0. The molecule has 6 nitrogen and oxygen atoms in total. The van der Waals surface area contributed by atoms with E-state index >= 15 is 0 Å². The van der Waals surface area contributed by atoms with Crippen molar-refractivity contribution in [3.63, 3.8) is 0 Å². The van der Waals surface area contributed by atoms with Crippen LogP contribution in [0.2, 0.25) is 0 Å². The highest BCUT2D eigenvalue weighted by molar-refractivity contribution is 6.10. The molecule has 5 rings (SSSR count). The second-order valence-electron chi connectivity index (χ2n) is 7.28. The zero-order chi connectivity index (χ0) is 21.0. The largest absolute Gasteiger partial charge is 0.450 e. The van der Waals surface area contributed by atoms with Crippen LogP contribution in [0.1, 0.15) is 46.0 Å². The number of halogens is 1. The van der Waals surface area contributed by atoms with Crippen LogP contribution >= 0.6 is 0 Å². The molecule has 150 valence electrons. The van der Waals surface area contributed by atoms with E-state index in [2.05, 4.69) is 5.16 Å². The van der Waals surface area contributed by atoms with Gasteiger partial charge in [0.1, 0.15) is 17.2 Å². The van der Waals surface area contributed by atoms with E-state index in [4.69, 9.17) is 8.94 Å². The Morgan fingerprint density at radius 2 is 1.87 bits per heavy atom. The minimum atomic E-state index is -0.802.